The molecule has 7 atom stereocenters. The fourth-order valence-corrected chi connectivity index (χ4v) is 5.19. The molecule has 232 valence electrons. The Morgan fingerprint density at radius 3 is 2.42 bits per heavy atom. The molecule has 1 amide bonds. The number of hydrogen-bond acceptors (Lipinski definition) is 11. The number of ether oxygens (including phenoxy) is 3. The van der Waals surface area contributed by atoms with E-state index in [-0.39, 0.29) is 6.61 Å². The summed E-state index contributed by atoms with van der Waals surface area (Å²) >= 11 is 0. The molecule has 2 aromatic rings. The molecule has 0 spiro atoms. The van der Waals surface area contributed by atoms with Gasteiger partial charge in [0.2, 0.25) is 12.2 Å². The van der Waals surface area contributed by atoms with Gasteiger partial charge in [-0.05, 0) is 49.8 Å². The summed E-state index contributed by atoms with van der Waals surface area (Å²) < 4.78 is 15.5. The number of amides is 1. The Labute approximate surface area is 248 Å². The first kappa shape index (κ1) is 32.0. The quantitative estimate of drug-likeness (QED) is 0.216. The number of aliphatic carboxylic acids is 1. The second kappa shape index (κ2) is 14.5. The molecule has 1 fully saturated rings. The molecule has 0 radical (unpaired) electrons. The molecular weight excluding hydrogens is 564 g/mol. The van der Waals surface area contributed by atoms with E-state index in [0.29, 0.717) is 31.4 Å². The summed E-state index contributed by atoms with van der Waals surface area (Å²) in [5.74, 6) is -3.71. The lowest BCUT2D eigenvalue weighted by Crippen LogP contribution is -2.61. The fourth-order valence-electron chi connectivity index (χ4n) is 5.19. The highest BCUT2D eigenvalue weighted by atomic mass is 16.7. The number of carbonyl (C=O) groups is 4. The van der Waals surface area contributed by atoms with Crippen LogP contribution in [0.4, 0.5) is 5.69 Å². The van der Waals surface area contributed by atoms with Gasteiger partial charge in [0.25, 0.3) is 0 Å². The Bertz CT molecular complexity index is 1290. The molecule has 43 heavy (non-hydrogen) atoms. The number of nitrogens with one attached hydrogen (secondary N) is 1. The van der Waals surface area contributed by atoms with Crippen molar-refractivity contribution in [3.8, 4) is 0 Å². The van der Waals surface area contributed by atoms with E-state index in [1.807, 2.05) is 36.4 Å². The van der Waals surface area contributed by atoms with Crippen LogP contribution in [0.1, 0.15) is 30.9 Å². The predicted octanol–water partition coefficient (Wildman–Crippen LogP) is -0.0761. The molecule has 13 nitrogen and oxygen atoms in total. The summed E-state index contributed by atoms with van der Waals surface area (Å²) in [5.41, 5.74) is 2.22. The normalized spacial score (nSPS) is 26.1. The van der Waals surface area contributed by atoms with Crippen molar-refractivity contribution < 1.29 is 53.8 Å². The number of aliphatic hydroxyl groups excluding tert-OH is 3. The number of benzene rings is 2. The molecule has 2 aliphatic heterocycles. The van der Waals surface area contributed by atoms with Gasteiger partial charge in [-0.25, -0.2) is 4.79 Å². The Morgan fingerprint density at radius 2 is 1.72 bits per heavy atom. The van der Waals surface area contributed by atoms with Crippen molar-refractivity contribution in [1.29, 1.82) is 0 Å². The van der Waals surface area contributed by atoms with E-state index < -0.39 is 73.1 Å². The van der Waals surface area contributed by atoms with Gasteiger partial charge in [0.15, 0.2) is 6.10 Å². The first-order valence-electron chi connectivity index (χ1n) is 14.1. The number of aryl methyl sites for hydroxylation is 2. The minimum absolute atomic E-state index is 0.161. The Balaban J connectivity index is 1.52. The SMILES string of the molecule is CCOC(=O)[C@@H](CCc1ccccc1)N[C@@H]1CCc2ccccc2N(CC(=O)OC2OC(C(=O)O)C(O)C(O)C2O)C1=O. The smallest absolute Gasteiger partial charge is 0.335 e. The zero-order chi connectivity index (χ0) is 31.1. The fraction of sp³-hybridized carbons (Fsp3) is 0.467. The Hall–Kier alpha value is -3.88. The lowest BCUT2D eigenvalue weighted by Gasteiger charge is -2.38. The summed E-state index contributed by atoms with van der Waals surface area (Å²) in [4.78, 5) is 52.4. The number of aliphatic hydroxyl groups is 3. The summed E-state index contributed by atoms with van der Waals surface area (Å²) in [6.45, 7) is 1.21. The largest absolute Gasteiger partial charge is 0.479 e. The second-order valence-corrected chi connectivity index (χ2v) is 10.4. The highest BCUT2D eigenvalue weighted by Gasteiger charge is 2.49. The van der Waals surface area contributed by atoms with Gasteiger partial charge in [0.05, 0.1) is 12.6 Å². The minimum Gasteiger partial charge on any atom is -0.479 e. The summed E-state index contributed by atoms with van der Waals surface area (Å²) in [6.07, 6.45) is -8.05. The van der Waals surface area contributed by atoms with Crippen LogP contribution >= 0.6 is 0 Å². The highest BCUT2D eigenvalue weighted by molar-refractivity contribution is 6.02. The van der Waals surface area contributed by atoms with E-state index in [1.165, 1.54) is 4.90 Å². The van der Waals surface area contributed by atoms with Crippen molar-refractivity contribution in [2.45, 2.75) is 75.4 Å². The molecule has 13 heteroatoms. The number of carbonyl (C=O) groups excluding carboxylic acids is 3. The molecule has 2 aromatic carbocycles. The van der Waals surface area contributed by atoms with Gasteiger partial charge in [-0.15, -0.1) is 0 Å². The molecular formula is C30H36N2O11. The zero-order valence-corrected chi connectivity index (χ0v) is 23.6. The third kappa shape index (κ3) is 7.75. The average molecular weight is 601 g/mol. The van der Waals surface area contributed by atoms with E-state index in [4.69, 9.17) is 14.2 Å². The maximum Gasteiger partial charge on any atom is 0.335 e. The number of hydrogen-bond donors (Lipinski definition) is 5. The molecule has 0 aliphatic carbocycles. The van der Waals surface area contributed by atoms with Crippen molar-refractivity contribution in [2.24, 2.45) is 0 Å². The molecule has 5 N–H and O–H groups in total. The minimum atomic E-state index is -1.96. The van der Waals surface area contributed by atoms with Crippen molar-refractivity contribution in [3.05, 3.63) is 65.7 Å². The van der Waals surface area contributed by atoms with Crippen molar-refractivity contribution >= 4 is 29.5 Å². The molecule has 1 saturated heterocycles. The number of esters is 2. The maximum atomic E-state index is 13.9. The van der Waals surface area contributed by atoms with Gasteiger partial charge >= 0.3 is 17.9 Å². The van der Waals surface area contributed by atoms with Crippen LogP contribution in [-0.4, -0.2) is 100 Å². The monoisotopic (exact) mass is 600 g/mol. The molecule has 5 unspecified atom stereocenters. The average Bonchev–Trinajstić information content (AvgIpc) is 3.12. The van der Waals surface area contributed by atoms with E-state index in [2.05, 4.69) is 5.32 Å². The van der Waals surface area contributed by atoms with Crippen LogP contribution in [-0.2, 0) is 46.2 Å². The van der Waals surface area contributed by atoms with E-state index in [1.54, 1.807) is 25.1 Å². The van der Waals surface area contributed by atoms with Crippen LogP contribution < -0.4 is 10.2 Å². The number of nitrogens with zero attached hydrogens (tertiary/aromatic N) is 1. The van der Waals surface area contributed by atoms with E-state index in [0.717, 1.165) is 11.1 Å². The lowest BCUT2D eigenvalue weighted by atomic mass is 9.99. The second-order valence-electron chi connectivity index (χ2n) is 10.4. The van der Waals surface area contributed by atoms with Crippen LogP contribution in [0.5, 0.6) is 0 Å². The Kier molecular flexibility index (Phi) is 10.8. The first-order valence-corrected chi connectivity index (χ1v) is 14.1. The topological polar surface area (TPSA) is 192 Å². The predicted molar refractivity (Wildman–Crippen MR) is 150 cm³/mol. The zero-order valence-electron chi connectivity index (χ0n) is 23.6. The van der Waals surface area contributed by atoms with Gasteiger partial charge < -0.3 is 34.6 Å². The lowest BCUT2D eigenvalue weighted by molar-refractivity contribution is -0.285. The number of rotatable bonds is 11. The molecule has 0 aromatic heterocycles. The van der Waals surface area contributed by atoms with Crippen molar-refractivity contribution in [1.82, 2.24) is 5.32 Å². The number of fused-ring (bicyclic) bond motifs is 1. The number of para-hydroxylation sites is 1. The van der Waals surface area contributed by atoms with Crippen LogP contribution in [0.15, 0.2) is 54.6 Å². The summed E-state index contributed by atoms with van der Waals surface area (Å²) in [5, 5.41) is 42.6. The molecule has 0 bridgehead atoms. The van der Waals surface area contributed by atoms with Gasteiger partial charge in [-0.2, -0.15) is 0 Å². The number of anilines is 1. The molecule has 4 rings (SSSR count). The number of carboxylic acids is 1. The number of carboxylic acid groups (broad SMARTS) is 1. The van der Waals surface area contributed by atoms with E-state index >= 15 is 0 Å². The third-order valence-corrected chi connectivity index (χ3v) is 7.43. The van der Waals surface area contributed by atoms with Gasteiger partial charge in [0.1, 0.15) is 30.9 Å². The van der Waals surface area contributed by atoms with Crippen LogP contribution in [0.3, 0.4) is 0 Å². The summed E-state index contributed by atoms with van der Waals surface area (Å²) in [6, 6.07) is 14.8. The van der Waals surface area contributed by atoms with Crippen LogP contribution in [0, 0.1) is 0 Å². The molecule has 2 heterocycles. The van der Waals surface area contributed by atoms with Crippen molar-refractivity contribution in [2.75, 3.05) is 18.1 Å². The van der Waals surface area contributed by atoms with Gasteiger partial charge in [-0.3, -0.25) is 24.6 Å². The standard InChI is InChI=1S/C30H36N2O11/c1-2-41-29(40)20(14-12-17-8-4-3-5-9-17)31-19-15-13-18-10-6-7-11-21(18)32(27(19)37)16-22(33)42-30-25(36)23(34)24(35)26(43-30)28(38)39/h3-11,19-20,23-26,30-31,34-36H,2,12-16H2,1H3,(H,38,39)/t19-,20-,23?,24?,25?,26?,30?/m1/s1. The maximum absolute atomic E-state index is 13.9. The van der Waals surface area contributed by atoms with Crippen LogP contribution in [0.2, 0.25) is 0 Å². The van der Waals surface area contributed by atoms with Gasteiger partial charge in [-0.1, -0.05) is 48.5 Å². The summed E-state index contributed by atoms with van der Waals surface area (Å²) in [7, 11) is 0. The van der Waals surface area contributed by atoms with E-state index in [9.17, 15) is 39.6 Å². The van der Waals surface area contributed by atoms with Crippen molar-refractivity contribution in [3.63, 3.8) is 0 Å². The third-order valence-electron chi connectivity index (χ3n) is 7.43. The Morgan fingerprint density at radius 1 is 1.02 bits per heavy atom. The van der Waals surface area contributed by atoms with Gasteiger partial charge in [0, 0.05) is 5.69 Å². The first-order chi connectivity index (χ1) is 20.6. The highest BCUT2D eigenvalue weighted by Crippen LogP contribution is 2.28. The molecule has 2 aliphatic rings. The molecule has 0 saturated carbocycles. The van der Waals surface area contributed by atoms with Crippen LogP contribution in [0.25, 0.3) is 0 Å².